The Morgan fingerprint density at radius 2 is 2.38 bits per heavy atom. The summed E-state index contributed by atoms with van der Waals surface area (Å²) >= 11 is 1.61. The van der Waals surface area contributed by atoms with E-state index in [0.29, 0.717) is 18.1 Å². The van der Waals surface area contributed by atoms with Crippen LogP contribution in [0, 0.1) is 5.92 Å². The molecule has 3 heterocycles. The average Bonchev–Trinajstić information content (AvgIpc) is 3.04. The summed E-state index contributed by atoms with van der Waals surface area (Å²) in [4.78, 5) is 19.3. The molecule has 3 rings (SSSR count). The number of hydrogen-bond acceptors (Lipinski definition) is 6. The van der Waals surface area contributed by atoms with Crippen molar-refractivity contribution in [1.29, 1.82) is 0 Å². The first-order valence-electron chi connectivity index (χ1n) is 6.50. The fraction of sp³-hybridized carbons (Fsp3) is 0.286. The van der Waals surface area contributed by atoms with Crippen molar-refractivity contribution in [3.05, 3.63) is 29.6 Å². The van der Waals surface area contributed by atoms with Crippen LogP contribution in [0.1, 0.15) is 19.2 Å². The molecule has 0 fully saturated rings. The number of fused-ring (bicyclic) bond motifs is 1. The van der Waals surface area contributed by atoms with Gasteiger partial charge in [-0.1, -0.05) is 12.1 Å². The molecule has 0 saturated carbocycles. The molecule has 21 heavy (non-hydrogen) atoms. The van der Waals surface area contributed by atoms with Gasteiger partial charge in [-0.25, -0.2) is 0 Å². The van der Waals surface area contributed by atoms with Crippen molar-refractivity contribution < 1.29 is 14.4 Å². The topological polar surface area (TPSA) is 89.1 Å². The minimum Gasteiger partial charge on any atom is -0.481 e. The minimum atomic E-state index is -0.824. The summed E-state index contributed by atoms with van der Waals surface area (Å²) in [5.74, 6) is 0.0589. The van der Waals surface area contributed by atoms with E-state index in [2.05, 4.69) is 15.1 Å². The van der Waals surface area contributed by atoms with Crippen LogP contribution in [0.2, 0.25) is 0 Å². The van der Waals surface area contributed by atoms with Gasteiger partial charge < -0.3 is 9.63 Å². The van der Waals surface area contributed by atoms with Gasteiger partial charge in [0.05, 0.1) is 10.2 Å². The van der Waals surface area contributed by atoms with Crippen molar-refractivity contribution in [3.63, 3.8) is 0 Å². The molecule has 1 atom stereocenters. The first-order valence-corrected chi connectivity index (χ1v) is 7.38. The van der Waals surface area contributed by atoms with Crippen LogP contribution in [-0.4, -0.2) is 26.2 Å². The second-order valence-corrected chi connectivity index (χ2v) is 5.89. The number of carboxylic acid groups (broad SMARTS) is 1. The van der Waals surface area contributed by atoms with E-state index in [9.17, 15) is 4.79 Å². The van der Waals surface area contributed by atoms with Crippen LogP contribution in [0.4, 0.5) is 0 Å². The largest absolute Gasteiger partial charge is 0.481 e. The molecule has 108 valence electrons. The van der Waals surface area contributed by atoms with Gasteiger partial charge in [-0.2, -0.15) is 4.98 Å². The molecular weight excluding hydrogens is 290 g/mol. The Balaban J connectivity index is 1.79. The van der Waals surface area contributed by atoms with Crippen molar-refractivity contribution >= 4 is 27.5 Å². The highest BCUT2D eigenvalue weighted by Crippen LogP contribution is 2.24. The second-order valence-electron chi connectivity index (χ2n) is 4.95. The van der Waals surface area contributed by atoms with E-state index >= 15 is 0 Å². The van der Waals surface area contributed by atoms with E-state index in [1.807, 2.05) is 24.4 Å². The monoisotopic (exact) mass is 303 g/mol. The lowest BCUT2D eigenvalue weighted by Crippen LogP contribution is -2.07. The summed E-state index contributed by atoms with van der Waals surface area (Å²) in [5, 5.41) is 14.7. The number of hydrogen-bond donors (Lipinski definition) is 1. The molecule has 3 aromatic rings. The Bertz CT molecular complexity index is 780. The van der Waals surface area contributed by atoms with Gasteiger partial charge in [0, 0.05) is 24.6 Å². The number of rotatable bonds is 5. The van der Waals surface area contributed by atoms with Gasteiger partial charge in [0.1, 0.15) is 0 Å². The van der Waals surface area contributed by atoms with Crippen molar-refractivity contribution in [3.8, 4) is 11.4 Å². The summed E-state index contributed by atoms with van der Waals surface area (Å²) in [7, 11) is 0. The van der Waals surface area contributed by atoms with Crippen molar-refractivity contribution in [1.82, 2.24) is 15.1 Å². The Kier molecular flexibility index (Phi) is 3.66. The third-order valence-electron chi connectivity index (χ3n) is 3.08. The van der Waals surface area contributed by atoms with Gasteiger partial charge in [0.15, 0.2) is 0 Å². The first-order chi connectivity index (χ1) is 10.1. The lowest BCUT2D eigenvalue weighted by atomic mass is 10.0. The zero-order chi connectivity index (χ0) is 14.8. The molecular formula is C14H13N3O3S. The van der Waals surface area contributed by atoms with Crippen LogP contribution < -0.4 is 0 Å². The summed E-state index contributed by atoms with van der Waals surface area (Å²) in [5.41, 5.74) is 1.74. The van der Waals surface area contributed by atoms with Gasteiger partial charge in [-0.15, -0.1) is 11.3 Å². The predicted octanol–water partition coefficient (Wildman–Crippen LogP) is 3.00. The highest BCUT2D eigenvalue weighted by atomic mass is 32.1. The zero-order valence-corrected chi connectivity index (χ0v) is 12.1. The fourth-order valence-corrected chi connectivity index (χ4v) is 2.87. The molecule has 0 aliphatic carbocycles. The number of thiophene rings is 1. The first kappa shape index (κ1) is 13.7. The Morgan fingerprint density at radius 1 is 1.52 bits per heavy atom. The number of aromatic nitrogens is 3. The lowest BCUT2D eigenvalue weighted by Gasteiger charge is -2.03. The van der Waals surface area contributed by atoms with E-state index in [1.165, 1.54) is 0 Å². The highest BCUT2D eigenvalue weighted by molar-refractivity contribution is 7.17. The molecule has 6 nitrogen and oxygen atoms in total. The van der Waals surface area contributed by atoms with Gasteiger partial charge in [-0.3, -0.25) is 9.78 Å². The third kappa shape index (κ3) is 3.08. The van der Waals surface area contributed by atoms with Gasteiger partial charge in [-0.05, 0) is 23.4 Å². The van der Waals surface area contributed by atoms with Crippen molar-refractivity contribution in [2.24, 2.45) is 5.92 Å². The molecule has 0 aromatic carbocycles. The van der Waals surface area contributed by atoms with E-state index in [4.69, 9.17) is 9.63 Å². The van der Waals surface area contributed by atoms with E-state index in [1.54, 1.807) is 17.5 Å². The molecule has 3 aromatic heterocycles. The molecule has 0 amide bonds. The van der Waals surface area contributed by atoms with E-state index in [0.717, 1.165) is 15.8 Å². The normalized spacial score (nSPS) is 12.6. The number of carboxylic acids is 1. The zero-order valence-electron chi connectivity index (χ0n) is 11.3. The lowest BCUT2D eigenvalue weighted by molar-refractivity contribution is -0.137. The molecule has 1 N–H and O–H groups in total. The molecule has 0 aliphatic heterocycles. The van der Waals surface area contributed by atoms with Crippen LogP contribution in [0.25, 0.3) is 21.6 Å². The quantitative estimate of drug-likeness (QED) is 0.779. The van der Waals surface area contributed by atoms with Gasteiger partial charge in [0.2, 0.25) is 11.7 Å². The van der Waals surface area contributed by atoms with Crippen molar-refractivity contribution in [2.75, 3.05) is 0 Å². The maximum Gasteiger partial charge on any atom is 0.303 e. The predicted molar refractivity (Wildman–Crippen MR) is 78.0 cm³/mol. The van der Waals surface area contributed by atoms with Gasteiger partial charge in [0.25, 0.3) is 0 Å². The summed E-state index contributed by atoms with van der Waals surface area (Å²) in [6.45, 7) is 1.84. The SMILES string of the molecule is CC(CC(=O)O)Cc1nc(-c2cnc3ccsc3c2)no1. The Hall–Kier alpha value is -2.28. The Labute approximate surface area is 124 Å². The standard InChI is InChI=1S/C14H13N3O3S/c1-8(5-13(18)19)4-12-16-14(17-20-12)9-6-11-10(15-7-9)2-3-21-11/h2-3,6-8H,4-5H2,1H3,(H,18,19). The molecule has 0 radical (unpaired) electrons. The molecule has 7 heteroatoms. The summed E-state index contributed by atoms with van der Waals surface area (Å²) in [6, 6.07) is 3.93. The van der Waals surface area contributed by atoms with E-state index < -0.39 is 5.97 Å². The maximum atomic E-state index is 10.7. The highest BCUT2D eigenvalue weighted by Gasteiger charge is 2.15. The van der Waals surface area contributed by atoms with Gasteiger partial charge >= 0.3 is 5.97 Å². The van der Waals surface area contributed by atoms with Crippen LogP contribution in [0.15, 0.2) is 28.2 Å². The third-order valence-corrected chi connectivity index (χ3v) is 3.93. The number of carbonyl (C=O) groups is 1. The van der Waals surface area contributed by atoms with Crippen LogP contribution in [0.3, 0.4) is 0 Å². The Morgan fingerprint density at radius 3 is 3.19 bits per heavy atom. The number of pyridine rings is 1. The van der Waals surface area contributed by atoms with Crippen LogP contribution in [0.5, 0.6) is 0 Å². The molecule has 1 unspecified atom stereocenters. The number of aliphatic carboxylic acids is 1. The molecule has 0 bridgehead atoms. The molecule has 0 aliphatic rings. The minimum absolute atomic E-state index is 0.0475. The number of nitrogens with zero attached hydrogens (tertiary/aromatic N) is 3. The van der Waals surface area contributed by atoms with Crippen LogP contribution in [-0.2, 0) is 11.2 Å². The van der Waals surface area contributed by atoms with Crippen LogP contribution >= 0.6 is 11.3 Å². The average molecular weight is 303 g/mol. The smallest absolute Gasteiger partial charge is 0.303 e. The van der Waals surface area contributed by atoms with E-state index in [-0.39, 0.29) is 12.3 Å². The summed E-state index contributed by atoms with van der Waals surface area (Å²) < 4.78 is 6.25. The fourth-order valence-electron chi connectivity index (χ4n) is 2.09. The summed E-state index contributed by atoms with van der Waals surface area (Å²) in [6.07, 6.45) is 2.25. The molecule has 0 spiro atoms. The second kappa shape index (κ2) is 5.61. The van der Waals surface area contributed by atoms with Crippen molar-refractivity contribution in [2.45, 2.75) is 19.8 Å². The maximum absolute atomic E-state index is 10.7. The molecule has 0 saturated heterocycles.